The number of thioether (sulfide) groups is 1. The molecular formula is C21H24FN3O2S. The minimum absolute atomic E-state index is 0.201. The predicted octanol–water partition coefficient (Wildman–Crippen LogP) is 2.52. The SMILES string of the molecule is CN(C)C(=O)[C@@H](c1ccc(-c2ccc(F)cc2)cc1)[C@H](N)C(=O)N1CCSC1. The molecule has 0 bridgehead atoms. The van der Waals surface area contributed by atoms with E-state index in [1.165, 1.54) is 17.0 Å². The summed E-state index contributed by atoms with van der Waals surface area (Å²) in [5, 5.41) is 0. The van der Waals surface area contributed by atoms with Gasteiger partial charge in [-0.15, -0.1) is 11.8 Å². The molecule has 1 heterocycles. The van der Waals surface area contributed by atoms with Crippen LogP contribution in [-0.2, 0) is 9.59 Å². The fraction of sp³-hybridized carbons (Fsp3) is 0.333. The Balaban J connectivity index is 1.88. The summed E-state index contributed by atoms with van der Waals surface area (Å²) in [6.45, 7) is 0.656. The molecule has 2 N–H and O–H groups in total. The van der Waals surface area contributed by atoms with Gasteiger partial charge in [-0.05, 0) is 28.8 Å². The lowest BCUT2D eigenvalue weighted by Crippen LogP contribution is -2.50. The highest BCUT2D eigenvalue weighted by atomic mass is 32.2. The van der Waals surface area contributed by atoms with Gasteiger partial charge in [0, 0.05) is 26.4 Å². The van der Waals surface area contributed by atoms with Gasteiger partial charge >= 0.3 is 0 Å². The van der Waals surface area contributed by atoms with Gasteiger partial charge in [-0.25, -0.2) is 4.39 Å². The highest BCUT2D eigenvalue weighted by Crippen LogP contribution is 2.27. The Kier molecular flexibility index (Phi) is 6.36. The van der Waals surface area contributed by atoms with Crippen LogP contribution in [0.15, 0.2) is 48.5 Å². The second-order valence-corrected chi connectivity index (χ2v) is 8.08. The molecule has 5 nitrogen and oxygen atoms in total. The molecule has 1 aliphatic heterocycles. The van der Waals surface area contributed by atoms with Gasteiger partial charge in [-0.3, -0.25) is 9.59 Å². The minimum Gasteiger partial charge on any atom is -0.348 e. The first-order valence-corrected chi connectivity index (χ1v) is 10.2. The molecule has 1 aliphatic rings. The van der Waals surface area contributed by atoms with Gasteiger partial charge in [0.05, 0.1) is 11.8 Å². The quantitative estimate of drug-likeness (QED) is 0.836. The summed E-state index contributed by atoms with van der Waals surface area (Å²) in [7, 11) is 3.32. The van der Waals surface area contributed by atoms with E-state index in [4.69, 9.17) is 5.73 Å². The molecular weight excluding hydrogens is 377 g/mol. The monoisotopic (exact) mass is 401 g/mol. The Morgan fingerprint density at radius 2 is 1.64 bits per heavy atom. The first kappa shape index (κ1) is 20.4. The van der Waals surface area contributed by atoms with Crippen molar-refractivity contribution < 1.29 is 14.0 Å². The van der Waals surface area contributed by atoms with E-state index >= 15 is 0 Å². The average molecular weight is 402 g/mol. The van der Waals surface area contributed by atoms with Crippen LogP contribution >= 0.6 is 11.8 Å². The van der Waals surface area contributed by atoms with Gasteiger partial charge in [-0.1, -0.05) is 36.4 Å². The van der Waals surface area contributed by atoms with Gasteiger partial charge in [0.1, 0.15) is 11.9 Å². The van der Waals surface area contributed by atoms with Crippen LogP contribution in [0.3, 0.4) is 0 Å². The molecule has 0 saturated carbocycles. The highest BCUT2D eigenvalue weighted by Gasteiger charge is 2.36. The Hall–Kier alpha value is -2.38. The number of benzene rings is 2. The van der Waals surface area contributed by atoms with E-state index in [2.05, 4.69) is 0 Å². The number of carbonyl (C=O) groups is 2. The molecule has 7 heteroatoms. The van der Waals surface area contributed by atoms with Gasteiger partial charge in [0.25, 0.3) is 0 Å². The average Bonchev–Trinajstić information content (AvgIpc) is 3.23. The molecule has 0 spiro atoms. The maximum atomic E-state index is 13.1. The fourth-order valence-electron chi connectivity index (χ4n) is 3.25. The van der Waals surface area contributed by atoms with Crippen LogP contribution in [0, 0.1) is 5.82 Å². The molecule has 0 unspecified atom stereocenters. The molecule has 148 valence electrons. The summed E-state index contributed by atoms with van der Waals surface area (Å²) in [4.78, 5) is 28.8. The normalized spacial score (nSPS) is 15.9. The number of nitrogens with zero attached hydrogens (tertiary/aromatic N) is 2. The summed E-state index contributed by atoms with van der Waals surface area (Å²) in [5.41, 5.74) is 8.75. The third kappa shape index (κ3) is 4.36. The smallest absolute Gasteiger partial charge is 0.241 e. The molecule has 2 aromatic rings. The molecule has 1 saturated heterocycles. The van der Waals surface area contributed by atoms with Crippen molar-refractivity contribution in [3.8, 4) is 11.1 Å². The third-order valence-electron chi connectivity index (χ3n) is 4.86. The number of carbonyl (C=O) groups excluding carboxylic acids is 2. The van der Waals surface area contributed by atoms with Crippen molar-refractivity contribution in [1.82, 2.24) is 9.80 Å². The van der Waals surface area contributed by atoms with E-state index < -0.39 is 12.0 Å². The van der Waals surface area contributed by atoms with Crippen LogP contribution < -0.4 is 5.73 Å². The second-order valence-electron chi connectivity index (χ2n) is 7.00. The first-order chi connectivity index (χ1) is 13.4. The first-order valence-electron chi connectivity index (χ1n) is 9.07. The van der Waals surface area contributed by atoms with Crippen LogP contribution in [0.25, 0.3) is 11.1 Å². The third-order valence-corrected chi connectivity index (χ3v) is 5.83. The Bertz CT molecular complexity index is 834. The fourth-order valence-corrected chi connectivity index (χ4v) is 4.20. The minimum atomic E-state index is -0.940. The maximum Gasteiger partial charge on any atom is 0.241 e. The van der Waals surface area contributed by atoms with Gasteiger partial charge < -0.3 is 15.5 Å². The van der Waals surface area contributed by atoms with Crippen molar-refractivity contribution >= 4 is 23.6 Å². The van der Waals surface area contributed by atoms with E-state index in [9.17, 15) is 14.0 Å². The molecule has 1 fully saturated rings. The number of nitrogens with two attached hydrogens (primary N) is 1. The lowest BCUT2D eigenvalue weighted by Gasteiger charge is -2.28. The molecule has 28 heavy (non-hydrogen) atoms. The number of likely N-dealkylation sites (N-methyl/N-ethyl adjacent to an activating group) is 1. The standard InChI is InChI=1S/C21H24FN3O2S/c1-24(2)20(26)18(19(23)21(27)25-11-12-28-13-25)16-5-3-14(4-6-16)15-7-9-17(22)10-8-15/h3-10,18-19H,11-13,23H2,1-2H3/t18-,19-/m0/s1. The molecule has 3 rings (SSSR count). The van der Waals surface area contributed by atoms with Crippen molar-refractivity contribution in [2.75, 3.05) is 32.3 Å². The Labute approximate surface area is 168 Å². The summed E-state index contributed by atoms with van der Waals surface area (Å²) in [6, 6.07) is 12.6. The lowest BCUT2D eigenvalue weighted by atomic mass is 9.88. The second kappa shape index (κ2) is 8.75. The maximum absolute atomic E-state index is 13.1. The van der Waals surface area contributed by atoms with Crippen molar-refractivity contribution in [3.05, 3.63) is 59.9 Å². The summed E-state index contributed by atoms with van der Waals surface area (Å²) < 4.78 is 13.1. The molecule has 2 atom stereocenters. The molecule has 2 amide bonds. The largest absolute Gasteiger partial charge is 0.348 e. The molecule has 0 aromatic heterocycles. The van der Waals surface area contributed by atoms with Crippen LogP contribution in [-0.4, -0.2) is 59.9 Å². The zero-order chi connectivity index (χ0) is 20.3. The number of rotatable bonds is 5. The Morgan fingerprint density at radius 1 is 1.07 bits per heavy atom. The topological polar surface area (TPSA) is 66.6 Å². The summed E-state index contributed by atoms with van der Waals surface area (Å²) in [5.74, 6) is 0.0442. The number of hydrogen-bond acceptors (Lipinski definition) is 4. The van der Waals surface area contributed by atoms with E-state index in [1.54, 1.807) is 42.9 Å². The summed E-state index contributed by atoms with van der Waals surface area (Å²) in [6.07, 6.45) is 0. The number of hydrogen-bond donors (Lipinski definition) is 1. The number of amides is 2. The van der Waals surface area contributed by atoms with Gasteiger partial charge in [0.2, 0.25) is 11.8 Å². The van der Waals surface area contributed by atoms with Crippen LogP contribution in [0.5, 0.6) is 0 Å². The van der Waals surface area contributed by atoms with E-state index in [1.807, 2.05) is 24.3 Å². The van der Waals surface area contributed by atoms with Crippen LogP contribution in [0.2, 0.25) is 0 Å². The summed E-state index contributed by atoms with van der Waals surface area (Å²) >= 11 is 1.68. The predicted molar refractivity (Wildman–Crippen MR) is 110 cm³/mol. The van der Waals surface area contributed by atoms with E-state index in [-0.39, 0.29) is 17.6 Å². The number of halogens is 1. The van der Waals surface area contributed by atoms with Crippen molar-refractivity contribution in [2.45, 2.75) is 12.0 Å². The van der Waals surface area contributed by atoms with Gasteiger partial charge in [-0.2, -0.15) is 0 Å². The van der Waals surface area contributed by atoms with Crippen molar-refractivity contribution in [3.63, 3.8) is 0 Å². The van der Waals surface area contributed by atoms with E-state index in [0.717, 1.165) is 16.9 Å². The Morgan fingerprint density at radius 3 is 2.14 bits per heavy atom. The molecule has 0 aliphatic carbocycles. The van der Waals surface area contributed by atoms with Crippen molar-refractivity contribution in [1.29, 1.82) is 0 Å². The van der Waals surface area contributed by atoms with E-state index in [0.29, 0.717) is 18.0 Å². The highest BCUT2D eigenvalue weighted by molar-refractivity contribution is 7.99. The van der Waals surface area contributed by atoms with Crippen molar-refractivity contribution in [2.24, 2.45) is 5.73 Å². The molecule has 2 aromatic carbocycles. The van der Waals surface area contributed by atoms with Crippen LogP contribution in [0.1, 0.15) is 11.5 Å². The van der Waals surface area contributed by atoms with Crippen LogP contribution in [0.4, 0.5) is 4.39 Å². The van der Waals surface area contributed by atoms with Gasteiger partial charge in [0.15, 0.2) is 0 Å². The lowest BCUT2D eigenvalue weighted by molar-refractivity contribution is -0.138. The molecule has 0 radical (unpaired) electrons. The zero-order valence-corrected chi connectivity index (χ0v) is 16.8. The zero-order valence-electron chi connectivity index (χ0n) is 16.0.